The monoisotopic (exact) mass is 302 g/mol. The van der Waals surface area contributed by atoms with Gasteiger partial charge in [0.1, 0.15) is 0 Å². The third-order valence-corrected chi connectivity index (χ3v) is 4.11. The Morgan fingerprint density at radius 3 is 2.26 bits per heavy atom. The fourth-order valence-corrected chi connectivity index (χ4v) is 3.07. The molecular weight excluding hydrogens is 287 g/mol. The Bertz CT molecular complexity index is 465. The second kappa shape index (κ2) is 8.08. The quantitative estimate of drug-likeness (QED) is 0.538. The number of ether oxygens (including phenoxy) is 1. The molecule has 0 atom stereocenters. The summed E-state index contributed by atoms with van der Waals surface area (Å²) in [6.07, 6.45) is 5.07. The summed E-state index contributed by atoms with van der Waals surface area (Å²) in [4.78, 5) is 0. The lowest BCUT2D eigenvalue weighted by molar-refractivity contribution is 0.215. The Labute approximate surface area is 117 Å². The van der Waals surface area contributed by atoms with E-state index in [-0.39, 0.29) is 12.5 Å². The van der Waals surface area contributed by atoms with E-state index in [0.717, 1.165) is 0 Å². The zero-order valence-corrected chi connectivity index (χ0v) is 12.4. The lowest BCUT2D eigenvalue weighted by Gasteiger charge is -2.19. The van der Waals surface area contributed by atoms with Gasteiger partial charge in [-0.05, 0) is 13.8 Å². The fourth-order valence-electron chi connectivity index (χ4n) is 1.07. The van der Waals surface area contributed by atoms with E-state index < -0.39 is 6.72 Å². The summed E-state index contributed by atoms with van der Waals surface area (Å²) in [7, 11) is 0. The standard InChI is InChI=1S/C11H15N2O4PS/c1-4-9-14-10-7-8-11(13-12-10)17-18(19,15-5-2)16-6-3/h1,7-8H,5-6,9H2,2-3H3. The van der Waals surface area contributed by atoms with Crippen LogP contribution in [0.25, 0.3) is 0 Å². The average molecular weight is 302 g/mol. The molecule has 0 aromatic carbocycles. The van der Waals surface area contributed by atoms with Crippen LogP contribution in [0, 0.1) is 12.3 Å². The van der Waals surface area contributed by atoms with Gasteiger partial charge in [-0.3, -0.25) is 9.05 Å². The van der Waals surface area contributed by atoms with Gasteiger partial charge in [0, 0.05) is 23.9 Å². The number of terminal acetylenes is 1. The molecular formula is C11H15N2O4PS. The molecule has 0 aliphatic rings. The van der Waals surface area contributed by atoms with Gasteiger partial charge in [0.05, 0.1) is 13.2 Å². The highest BCUT2D eigenvalue weighted by atomic mass is 32.5. The van der Waals surface area contributed by atoms with Crippen molar-refractivity contribution in [3.63, 3.8) is 0 Å². The molecule has 1 rings (SSSR count). The zero-order valence-electron chi connectivity index (χ0n) is 10.7. The van der Waals surface area contributed by atoms with Crippen LogP contribution in [0.3, 0.4) is 0 Å². The molecule has 0 amide bonds. The number of hydrogen-bond acceptors (Lipinski definition) is 7. The minimum Gasteiger partial charge on any atom is -0.463 e. The van der Waals surface area contributed by atoms with Crippen LogP contribution >= 0.6 is 6.72 Å². The maximum atomic E-state index is 5.45. The lowest BCUT2D eigenvalue weighted by atomic mass is 10.5. The molecule has 1 aromatic heterocycles. The van der Waals surface area contributed by atoms with E-state index in [1.165, 1.54) is 0 Å². The van der Waals surface area contributed by atoms with Gasteiger partial charge in [-0.1, -0.05) is 5.92 Å². The van der Waals surface area contributed by atoms with Crippen molar-refractivity contribution in [3.05, 3.63) is 12.1 Å². The minimum absolute atomic E-state index is 0.130. The van der Waals surface area contributed by atoms with E-state index in [2.05, 4.69) is 16.1 Å². The fraction of sp³-hybridized carbons (Fsp3) is 0.455. The predicted molar refractivity (Wildman–Crippen MR) is 74.5 cm³/mol. The first-order chi connectivity index (χ1) is 9.13. The third kappa shape index (κ3) is 5.53. The van der Waals surface area contributed by atoms with Crippen molar-refractivity contribution < 1.29 is 18.3 Å². The molecule has 0 fully saturated rings. The number of rotatable bonds is 8. The molecule has 0 saturated heterocycles. The molecule has 0 saturated carbocycles. The van der Waals surface area contributed by atoms with Crippen LogP contribution in [0.1, 0.15) is 13.8 Å². The molecule has 6 nitrogen and oxygen atoms in total. The molecule has 19 heavy (non-hydrogen) atoms. The van der Waals surface area contributed by atoms with Crippen LogP contribution in [0.2, 0.25) is 0 Å². The van der Waals surface area contributed by atoms with Gasteiger partial charge in [0.2, 0.25) is 11.8 Å². The first-order valence-corrected chi connectivity index (χ1v) is 8.17. The summed E-state index contributed by atoms with van der Waals surface area (Å²) >= 11 is 5.20. The van der Waals surface area contributed by atoms with Gasteiger partial charge in [-0.25, -0.2) is 0 Å². The van der Waals surface area contributed by atoms with Crippen molar-refractivity contribution in [2.45, 2.75) is 13.8 Å². The van der Waals surface area contributed by atoms with Crippen LogP contribution in [-0.2, 0) is 20.9 Å². The molecule has 0 bridgehead atoms. The van der Waals surface area contributed by atoms with E-state index in [4.69, 9.17) is 36.5 Å². The molecule has 0 aliphatic heterocycles. The Balaban J connectivity index is 2.70. The summed E-state index contributed by atoms with van der Waals surface area (Å²) in [6.45, 7) is 1.73. The first-order valence-electron chi connectivity index (χ1n) is 5.62. The van der Waals surface area contributed by atoms with Crippen LogP contribution in [0.5, 0.6) is 11.8 Å². The Kier molecular flexibility index (Phi) is 6.74. The number of hydrogen-bond donors (Lipinski definition) is 0. The maximum Gasteiger partial charge on any atom is 0.381 e. The molecule has 1 heterocycles. The van der Waals surface area contributed by atoms with E-state index in [0.29, 0.717) is 19.1 Å². The largest absolute Gasteiger partial charge is 0.463 e. The van der Waals surface area contributed by atoms with E-state index in [1.54, 1.807) is 12.1 Å². The molecule has 0 aliphatic carbocycles. The van der Waals surface area contributed by atoms with Crippen molar-refractivity contribution in [2.24, 2.45) is 0 Å². The minimum atomic E-state index is -2.82. The summed E-state index contributed by atoms with van der Waals surface area (Å²) < 4.78 is 21.2. The second-order valence-corrected chi connectivity index (χ2v) is 6.01. The molecule has 0 radical (unpaired) electrons. The predicted octanol–water partition coefficient (Wildman–Crippen LogP) is 2.16. The summed E-state index contributed by atoms with van der Waals surface area (Å²) in [5.74, 6) is 2.86. The van der Waals surface area contributed by atoms with E-state index >= 15 is 0 Å². The van der Waals surface area contributed by atoms with Gasteiger partial charge in [-0.15, -0.1) is 16.6 Å². The second-order valence-electron chi connectivity index (χ2n) is 3.08. The van der Waals surface area contributed by atoms with E-state index in [1.807, 2.05) is 13.8 Å². The third-order valence-electron chi connectivity index (χ3n) is 1.70. The Hall–Kier alpha value is -1.19. The Morgan fingerprint density at radius 1 is 1.21 bits per heavy atom. The topological polar surface area (TPSA) is 62.7 Å². The normalized spacial score (nSPS) is 10.8. The lowest BCUT2D eigenvalue weighted by Crippen LogP contribution is -2.04. The van der Waals surface area contributed by atoms with Gasteiger partial charge >= 0.3 is 6.72 Å². The summed E-state index contributed by atoms with van der Waals surface area (Å²) in [5.41, 5.74) is 0. The van der Waals surface area contributed by atoms with E-state index in [9.17, 15) is 0 Å². The molecule has 0 unspecified atom stereocenters. The molecule has 1 aromatic rings. The highest BCUT2D eigenvalue weighted by Crippen LogP contribution is 2.49. The highest BCUT2D eigenvalue weighted by Gasteiger charge is 2.22. The smallest absolute Gasteiger partial charge is 0.381 e. The molecule has 104 valence electrons. The summed E-state index contributed by atoms with van der Waals surface area (Å²) in [6, 6.07) is 3.15. The number of nitrogens with zero attached hydrogens (tertiary/aromatic N) is 2. The van der Waals surface area contributed by atoms with Crippen molar-refractivity contribution in [2.75, 3.05) is 19.8 Å². The first kappa shape index (κ1) is 15.9. The van der Waals surface area contributed by atoms with Gasteiger partial charge < -0.3 is 9.26 Å². The van der Waals surface area contributed by atoms with Crippen LogP contribution in [0.15, 0.2) is 12.1 Å². The summed E-state index contributed by atoms with van der Waals surface area (Å²) in [5, 5.41) is 7.60. The van der Waals surface area contributed by atoms with Gasteiger partial charge in [-0.2, -0.15) is 0 Å². The SMILES string of the molecule is C#CCOc1ccc(OP(=S)(OCC)OCC)nn1. The Morgan fingerprint density at radius 2 is 1.79 bits per heavy atom. The molecule has 0 N–H and O–H groups in total. The van der Waals surface area contributed by atoms with Crippen molar-refractivity contribution in [1.82, 2.24) is 10.2 Å². The molecule has 0 spiro atoms. The van der Waals surface area contributed by atoms with Crippen LogP contribution in [-0.4, -0.2) is 30.0 Å². The maximum absolute atomic E-state index is 5.45. The van der Waals surface area contributed by atoms with Gasteiger partial charge in [0.25, 0.3) is 0 Å². The average Bonchev–Trinajstić information content (AvgIpc) is 2.38. The van der Waals surface area contributed by atoms with Crippen molar-refractivity contribution in [1.29, 1.82) is 0 Å². The van der Waals surface area contributed by atoms with Crippen molar-refractivity contribution >= 4 is 18.5 Å². The van der Waals surface area contributed by atoms with Crippen molar-refractivity contribution in [3.8, 4) is 24.1 Å². The highest BCUT2D eigenvalue weighted by molar-refractivity contribution is 8.07. The van der Waals surface area contributed by atoms with Crippen LogP contribution < -0.4 is 9.26 Å². The van der Waals surface area contributed by atoms with Crippen LogP contribution in [0.4, 0.5) is 0 Å². The molecule has 8 heteroatoms. The number of aromatic nitrogens is 2. The zero-order chi connectivity index (χ0) is 14.1. The van der Waals surface area contributed by atoms with Gasteiger partial charge in [0.15, 0.2) is 6.61 Å².